The lowest BCUT2D eigenvalue weighted by molar-refractivity contribution is 0.0619. The molecule has 1 fully saturated rings. The summed E-state index contributed by atoms with van der Waals surface area (Å²) in [5.74, 6) is 0.124. The highest BCUT2D eigenvalue weighted by atomic mass is 35.5. The van der Waals surface area contributed by atoms with Crippen LogP contribution in [-0.4, -0.2) is 46.5 Å². The molecular weight excluding hydrogens is 298 g/mol. The smallest absolute Gasteiger partial charge is 0.270 e. The molecule has 2 heterocycles. The lowest BCUT2D eigenvalue weighted by Gasteiger charge is -2.34. The maximum atomic E-state index is 12.5. The maximum Gasteiger partial charge on any atom is 0.270 e. The number of aryl methyl sites for hydroxylation is 1. The highest BCUT2D eigenvalue weighted by Crippen LogP contribution is 2.14. The van der Waals surface area contributed by atoms with Crippen LogP contribution in [0.25, 0.3) is 0 Å². The molecule has 0 radical (unpaired) electrons. The lowest BCUT2D eigenvalue weighted by Crippen LogP contribution is -2.48. The van der Waals surface area contributed by atoms with Crippen LogP contribution in [-0.2, 0) is 13.6 Å². The molecular formula is C17H20ClN3O. The largest absolute Gasteiger partial charge is 0.347 e. The van der Waals surface area contributed by atoms with Gasteiger partial charge in [0.1, 0.15) is 5.69 Å². The number of carbonyl (C=O) groups is 1. The summed E-state index contributed by atoms with van der Waals surface area (Å²) < 4.78 is 1.88. The minimum absolute atomic E-state index is 0.124. The zero-order chi connectivity index (χ0) is 15.5. The van der Waals surface area contributed by atoms with Crippen LogP contribution in [0.15, 0.2) is 42.6 Å². The van der Waals surface area contributed by atoms with Crippen molar-refractivity contribution in [2.75, 3.05) is 26.2 Å². The second-order valence-corrected chi connectivity index (χ2v) is 6.14. The van der Waals surface area contributed by atoms with Crippen LogP contribution in [0.4, 0.5) is 0 Å². The zero-order valence-corrected chi connectivity index (χ0v) is 13.5. The van der Waals surface area contributed by atoms with Crippen molar-refractivity contribution in [2.24, 2.45) is 7.05 Å². The molecule has 2 aromatic rings. The third kappa shape index (κ3) is 3.34. The molecule has 0 N–H and O–H groups in total. The summed E-state index contributed by atoms with van der Waals surface area (Å²) in [7, 11) is 1.91. The van der Waals surface area contributed by atoms with Gasteiger partial charge in [-0.1, -0.05) is 23.7 Å². The molecule has 3 rings (SSSR count). The summed E-state index contributed by atoms with van der Waals surface area (Å²) in [6.45, 7) is 4.26. The first-order valence-corrected chi connectivity index (χ1v) is 7.89. The van der Waals surface area contributed by atoms with Crippen LogP contribution < -0.4 is 0 Å². The number of piperazine rings is 1. The molecule has 0 aliphatic carbocycles. The van der Waals surface area contributed by atoms with E-state index in [1.165, 1.54) is 5.56 Å². The van der Waals surface area contributed by atoms with Gasteiger partial charge in [0.25, 0.3) is 5.91 Å². The fourth-order valence-corrected chi connectivity index (χ4v) is 2.93. The number of carbonyl (C=O) groups excluding carboxylic acids is 1. The number of nitrogens with zero attached hydrogens (tertiary/aromatic N) is 3. The molecule has 1 aliphatic heterocycles. The SMILES string of the molecule is Cn1cccc1C(=O)N1CCN(Cc2ccc(Cl)cc2)CC1. The minimum atomic E-state index is 0.124. The van der Waals surface area contributed by atoms with Gasteiger partial charge in [0.15, 0.2) is 0 Å². The Morgan fingerprint density at radius 1 is 1.09 bits per heavy atom. The predicted octanol–water partition coefficient (Wildman–Crippen LogP) is 2.64. The zero-order valence-electron chi connectivity index (χ0n) is 12.7. The van der Waals surface area contributed by atoms with E-state index in [-0.39, 0.29) is 5.91 Å². The van der Waals surface area contributed by atoms with Crippen molar-refractivity contribution >= 4 is 17.5 Å². The second-order valence-electron chi connectivity index (χ2n) is 5.70. The molecule has 0 bridgehead atoms. The van der Waals surface area contributed by atoms with Crippen LogP contribution in [0, 0.1) is 0 Å². The standard InChI is InChI=1S/C17H20ClN3O/c1-19-8-2-3-16(19)17(22)21-11-9-20(10-12-21)13-14-4-6-15(18)7-5-14/h2-8H,9-13H2,1H3. The molecule has 0 spiro atoms. The number of benzene rings is 1. The van der Waals surface area contributed by atoms with Crippen molar-refractivity contribution in [1.29, 1.82) is 0 Å². The van der Waals surface area contributed by atoms with E-state index in [0.717, 1.165) is 43.4 Å². The van der Waals surface area contributed by atoms with E-state index in [1.54, 1.807) is 0 Å². The molecule has 1 aromatic heterocycles. The highest BCUT2D eigenvalue weighted by Gasteiger charge is 2.23. The van der Waals surface area contributed by atoms with E-state index in [2.05, 4.69) is 17.0 Å². The number of rotatable bonds is 3. The number of hydrogen-bond donors (Lipinski definition) is 0. The molecule has 0 saturated carbocycles. The quantitative estimate of drug-likeness (QED) is 0.870. The van der Waals surface area contributed by atoms with E-state index in [4.69, 9.17) is 11.6 Å². The Hall–Kier alpha value is -1.78. The summed E-state index contributed by atoms with van der Waals surface area (Å²) >= 11 is 5.91. The average Bonchev–Trinajstić information content (AvgIpc) is 2.96. The fraction of sp³-hybridized carbons (Fsp3) is 0.353. The predicted molar refractivity (Wildman–Crippen MR) is 88.0 cm³/mol. The minimum Gasteiger partial charge on any atom is -0.347 e. The molecule has 0 atom stereocenters. The van der Waals surface area contributed by atoms with E-state index in [1.807, 2.05) is 47.0 Å². The lowest BCUT2D eigenvalue weighted by atomic mass is 10.2. The van der Waals surface area contributed by atoms with Gasteiger partial charge in [0.05, 0.1) is 0 Å². The van der Waals surface area contributed by atoms with Crippen LogP contribution in [0.3, 0.4) is 0 Å². The number of aromatic nitrogens is 1. The van der Waals surface area contributed by atoms with Crippen LogP contribution >= 0.6 is 11.6 Å². The van der Waals surface area contributed by atoms with Gasteiger partial charge in [-0.05, 0) is 29.8 Å². The van der Waals surface area contributed by atoms with Crippen molar-refractivity contribution in [3.63, 3.8) is 0 Å². The Bertz CT molecular complexity index is 642. The summed E-state index contributed by atoms with van der Waals surface area (Å²) in [5.41, 5.74) is 2.01. The monoisotopic (exact) mass is 317 g/mol. The van der Waals surface area contributed by atoms with Gasteiger partial charge in [0.2, 0.25) is 0 Å². The third-order valence-electron chi connectivity index (χ3n) is 4.14. The summed E-state index contributed by atoms with van der Waals surface area (Å²) in [6.07, 6.45) is 1.91. The molecule has 22 heavy (non-hydrogen) atoms. The Kier molecular flexibility index (Phi) is 4.50. The Labute approximate surface area is 135 Å². The molecule has 0 unspecified atom stereocenters. The average molecular weight is 318 g/mol. The van der Waals surface area contributed by atoms with Crippen LogP contribution in [0.5, 0.6) is 0 Å². The Morgan fingerprint density at radius 2 is 1.77 bits per heavy atom. The van der Waals surface area contributed by atoms with Gasteiger partial charge in [-0.25, -0.2) is 0 Å². The van der Waals surface area contributed by atoms with Crippen LogP contribution in [0.1, 0.15) is 16.1 Å². The fourth-order valence-electron chi connectivity index (χ4n) is 2.80. The van der Waals surface area contributed by atoms with Crippen LogP contribution in [0.2, 0.25) is 5.02 Å². The topological polar surface area (TPSA) is 28.5 Å². The molecule has 5 heteroatoms. The Morgan fingerprint density at radius 3 is 2.36 bits per heavy atom. The number of halogens is 1. The normalized spacial score (nSPS) is 16.0. The molecule has 4 nitrogen and oxygen atoms in total. The van der Waals surface area contributed by atoms with Crippen molar-refractivity contribution in [3.05, 3.63) is 58.9 Å². The van der Waals surface area contributed by atoms with E-state index < -0.39 is 0 Å². The molecule has 1 amide bonds. The number of hydrogen-bond acceptors (Lipinski definition) is 2. The summed E-state index contributed by atoms with van der Waals surface area (Å²) in [6, 6.07) is 11.7. The first kappa shape index (κ1) is 15.1. The van der Waals surface area contributed by atoms with Crippen molar-refractivity contribution in [3.8, 4) is 0 Å². The second kappa shape index (κ2) is 6.55. The molecule has 116 valence electrons. The van der Waals surface area contributed by atoms with E-state index in [9.17, 15) is 4.79 Å². The van der Waals surface area contributed by atoms with Crippen molar-refractivity contribution < 1.29 is 4.79 Å². The molecule has 1 saturated heterocycles. The summed E-state index contributed by atoms with van der Waals surface area (Å²) in [4.78, 5) is 16.8. The summed E-state index contributed by atoms with van der Waals surface area (Å²) in [5, 5.41) is 0.765. The van der Waals surface area contributed by atoms with E-state index in [0.29, 0.717) is 0 Å². The van der Waals surface area contributed by atoms with E-state index >= 15 is 0 Å². The highest BCUT2D eigenvalue weighted by molar-refractivity contribution is 6.30. The van der Waals surface area contributed by atoms with Gasteiger partial charge in [-0.15, -0.1) is 0 Å². The molecule has 1 aromatic carbocycles. The Balaban J connectivity index is 1.55. The maximum absolute atomic E-state index is 12.5. The van der Waals surface area contributed by atoms with Gasteiger partial charge in [0, 0.05) is 51.0 Å². The van der Waals surface area contributed by atoms with Gasteiger partial charge in [-0.2, -0.15) is 0 Å². The third-order valence-corrected chi connectivity index (χ3v) is 4.39. The van der Waals surface area contributed by atoms with Crippen molar-refractivity contribution in [2.45, 2.75) is 6.54 Å². The number of amides is 1. The van der Waals surface area contributed by atoms with Gasteiger partial charge < -0.3 is 9.47 Å². The van der Waals surface area contributed by atoms with Gasteiger partial charge >= 0.3 is 0 Å². The first-order valence-electron chi connectivity index (χ1n) is 7.51. The first-order chi connectivity index (χ1) is 10.6. The van der Waals surface area contributed by atoms with Crippen molar-refractivity contribution in [1.82, 2.24) is 14.4 Å². The van der Waals surface area contributed by atoms with Gasteiger partial charge in [-0.3, -0.25) is 9.69 Å². The molecule has 1 aliphatic rings.